The van der Waals surface area contributed by atoms with Crippen molar-refractivity contribution < 1.29 is 19.2 Å². The van der Waals surface area contributed by atoms with E-state index < -0.39 is 41.9 Å². The third kappa shape index (κ3) is 3.93. The zero-order chi connectivity index (χ0) is 29.3. The van der Waals surface area contributed by atoms with Gasteiger partial charge in [-0.2, -0.15) is 5.01 Å². The van der Waals surface area contributed by atoms with Crippen molar-refractivity contribution in [3.63, 3.8) is 0 Å². The highest BCUT2D eigenvalue weighted by molar-refractivity contribution is 6.42. The monoisotopic (exact) mass is 594 g/mol. The highest BCUT2D eigenvalue weighted by atomic mass is 35.5. The lowest BCUT2D eigenvalue weighted by Gasteiger charge is -2.45. The van der Waals surface area contributed by atoms with Crippen molar-refractivity contribution in [1.29, 1.82) is 0 Å². The molecule has 8 heteroatoms. The molecule has 8 rings (SSSR count). The Balaban J connectivity index is 1.33. The van der Waals surface area contributed by atoms with E-state index in [1.165, 1.54) is 18.2 Å². The van der Waals surface area contributed by atoms with Gasteiger partial charge in [-0.25, -0.2) is 5.01 Å². The van der Waals surface area contributed by atoms with Crippen molar-refractivity contribution in [2.45, 2.75) is 18.8 Å². The molecule has 6 nitrogen and oxygen atoms in total. The Labute approximate surface area is 252 Å². The highest BCUT2D eigenvalue weighted by Crippen LogP contribution is 2.61. The maximum absolute atomic E-state index is 14.4. The van der Waals surface area contributed by atoms with Crippen LogP contribution >= 0.6 is 23.2 Å². The van der Waals surface area contributed by atoms with E-state index in [2.05, 4.69) is 0 Å². The van der Waals surface area contributed by atoms with Crippen LogP contribution in [0.25, 0.3) is 0 Å². The second kappa shape index (κ2) is 9.93. The van der Waals surface area contributed by atoms with Crippen LogP contribution in [-0.4, -0.2) is 40.1 Å². The molecule has 0 radical (unpaired) electrons. The number of halogens is 2. The minimum atomic E-state index is -0.703. The van der Waals surface area contributed by atoms with Gasteiger partial charge in [0.1, 0.15) is 6.54 Å². The van der Waals surface area contributed by atoms with E-state index in [0.717, 1.165) is 37.8 Å². The topological polar surface area (TPSA) is 74.8 Å². The van der Waals surface area contributed by atoms with Crippen molar-refractivity contribution in [2.75, 3.05) is 6.54 Å². The molecule has 4 aromatic carbocycles. The summed E-state index contributed by atoms with van der Waals surface area (Å²) in [6.45, 7) is 1.40. The second-order valence-electron chi connectivity index (χ2n) is 11.0. The molecule has 2 bridgehead atoms. The van der Waals surface area contributed by atoms with Gasteiger partial charge in [-0.05, 0) is 47.4 Å². The summed E-state index contributed by atoms with van der Waals surface area (Å²) in [4.78, 5) is 56.3. The fourth-order valence-electron chi connectivity index (χ4n) is 6.88. The van der Waals surface area contributed by atoms with Crippen molar-refractivity contribution in [2.24, 2.45) is 11.8 Å². The van der Waals surface area contributed by atoms with Crippen LogP contribution in [0.5, 0.6) is 0 Å². The summed E-state index contributed by atoms with van der Waals surface area (Å²) in [5, 5.41) is 2.30. The van der Waals surface area contributed by atoms with Gasteiger partial charge in [-0.3, -0.25) is 19.2 Å². The predicted octanol–water partition coefficient (Wildman–Crippen LogP) is 6.43. The summed E-state index contributed by atoms with van der Waals surface area (Å²) in [6, 6.07) is 27.1. The number of nitrogens with zero attached hydrogens (tertiary/aromatic N) is 2. The SMILES string of the molecule is Cc1ccc(C(=O)CN(C(=O)c2ccc(Cl)c(Cl)c2)N2C(=O)[C@H]3C4c5ccccc5C(c5ccccc54)[C@@H]3C2=O)cc1. The Bertz CT molecular complexity index is 1700. The van der Waals surface area contributed by atoms with Crippen LogP contribution in [0, 0.1) is 18.8 Å². The van der Waals surface area contributed by atoms with Crippen LogP contribution in [0.15, 0.2) is 91.0 Å². The first kappa shape index (κ1) is 26.6. The molecule has 3 aliphatic carbocycles. The summed E-state index contributed by atoms with van der Waals surface area (Å²) in [7, 11) is 0. The number of ketones is 1. The largest absolute Gasteiger partial charge is 0.292 e. The van der Waals surface area contributed by atoms with E-state index in [1.54, 1.807) is 24.3 Å². The molecule has 3 amide bonds. The Kier molecular flexibility index (Phi) is 6.30. The van der Waals surface area contributed by atoms with Gasteiger partial charge >= 0.3 is 0 Å². The maximum atomic E-state index is 14.4. The number of carbonyl (C=O) groups excluding carboxylic acids is 4. The van der Waals surface area contributed by atoms with Gasteiger partial charge in [-0.15, -0.1) is 0 Å². The second-order valence-corrected chi connectivity index (χ2v) is 11.8. The molecule has 1 heterocycles. The average molecular weight is 595 g/mol. The number of carbonyl (C=O) groups is 4. The third-order valence-electron chi connectivity index (χ3n) is 8.73. The zero-order valence-electron chi connectivity index (χ0n) is 22.5. The number of hydrogen-bond acceptors (Lipinski definition) is 4. The number of imide groups is 1. The number of benzene rings is 4. The third-order valence-corrected chi connectivity index (χ3v) is 9.47. The first-order valence-corrected chi connectivity index (χ1v) is 14.4. The molecule has 208 valence electrons. The average Bonchev–Trinajstić information content (AvgIpc) is 3.27. The van der Waals surface area contributed by atoms with Crippen molar-refractivity contribution in [3.8, 4) is 0 Å². The molecule has 0 aromatic heterocycles. The highest BCUT2D eigenvalue weighted by Gasteiger charge is 2.63. The lowest BCUT2D eigenvalue weighted by atomic mass is 9.55. The van der Waals surface area contributed by atoms with E-state index in [9.17, 15) is 19.2 Å². The number of aryl methyl sites for hydroxylation is 1. The van der Waals surface area contributed by atoms with E-state index in [-0.39, 0.29) is 27.4 Å². The molecule has 2 atom stereocenters. The summed E-state index contributed by atoms with van der Waals surface area (Å²) in [6.07, 6.45) is 0. The molecule has 1 aliphatic heterocycles. The Morgan fingerprint density at radius 2 is 1.17 bits per heavy atom. The summed E-state index contributed by atoms with van der Waals surface area (Å²) >= 11 is 12.3. The van der Waals surface area contributed by atoms with Crippen LogP contribution in [-0.2, 0) is 9.59 Å². The van der Waals surface area contributed by atoms with Gasteiger partial charge in [0.05, 0.1) is 21.9 Å². The lowest BCUT2D eigenvalue weighted by Crippen LogP contribution is -2.52. The first-order valence-electron chi connectivity index (χ1n) is 13.7. The fourth-order valence-corrected chi connectivity index (χ4v) is 7.18. The summed E-state index contributed by atoms with van der Waals surface area (Å²) < 4.78 is 0. The molecule has 0 unspecified atom stereocenters. The van der Waals surface area contributed by atoms with Crippen LogP contribution < -0.4 is 0 Å². The Hall–Kier alpha value is -4.26. The number of hydrogen-bond donors (Lipinski definition) is 0. The molecule has 42 heavy (non-hydrogen) atoms. The molecule has 0 saturated carbocycles. The van der Waals surface area contributed by atoms with Gasteiger partial charge < -0.3 is 0 Å². The Morgan fingerprint density at radius 1 is 0.690 bits per heavy atom. The normalized spacial score (nSPS) is 21.5. The lowest BCUT2D eigenvalue weighted by molar-refractivity contribution is -0.154. The van der Waals surface area contributed by atoms with Gasteiger partial charge in [0.15, 0.2) is 5.78 Å². The predicted molar refractivity (Wildman–Crippen MR) is 158 cm³/mol. The van der Waals surface area contributed by atoms with Gasteiger partial charge in [-0.1, -0.05) is 102 Å². The molecule has 4 aromatic rings. The van der Waals surface area contributed by atoms with Gasteiger partial charge in [0.25, 0.3) is 17.7 Å². The van der Waals surface area contributed by atoms with Crippen LogP contribution in [0.4, 0.5) is 0 Å². The van der Waals surface area contributed by atoms with E-state index >= 15 is 0 Å². The molecule has 0 spiro atoms. The van der Waals surface area contributed by atoms with Crippen LogP contribution in [0.2, 0.25) is 10.0 Å². The van der Waals surface area contributed by atoms with E-state index in [4.69, 9.17) is 23.2 Å². The smallest absolute Gasteiger partial charge is 0.273 e. The van der Waals surface area contributed by atoms with E-state index in [0.29, 0.717) is 5.56 Å². The standard InChI is InChI=1S/C34H24Cl2N2O4/c1-18-10-12-19(13-11-18)27(39)17-37(32(40)20-14-15-25(35)26(36)16-20)38-33(41)30-28-21-6-2-3-7-22(21)29(31(30)34(38)42)24-9-5-4-8-23(24)28/h2-16,28-31H,17H2,1H3/t28?,29?,30-,31-/m0/s1. The minimum absolute atomic E-state index is 0.103. The minimum Gasteiger partial charge on any atom is -0.292 e. The fraction of sp³-hybridized carbons (Fsp3) is 0.176. The summed E-state index contributed by atoms with van der Waals surface area (Å²) in [5.41, 5.74) is 5.51. The number of amides is 3. The van der Waals surface area contributed by atoms with E-state index in [1.807, 2.05) is 55.5 Å². The molecule has 1 fully saturated rings. The molecule has 1 saturated heterocycles. The first-order chi connectivity index (χ1) is 20.3. The van der Waals surface area contributed by atoms with Crippen molar-refractivity contribution in [3.05, 3.63) is 140 Å². The number of Topliss-reactive ketones (excluding diaryl/α,β-unsaturated/α-hetero) is 1. The quantitative estimate of drug-likeness (QED) is 0.197. The van der Waals surface area contributed by atoms with Gasteiger partial charge in [0.2, 0.25) is 0 Å². The van der Waals surface area contributed by atoms with Crippen LogP contribution in [0.1, 0.15) is 60.4 Å². The maximum Gasteiger partial charge on any atom is 0.273 e. The Morgan fingerprint density at radius 3 is 1.64 bits per heavy atom. The number of rotatable bonds is 5. The van der Waals surface area contributed by atoms with Crippen LogP contribution in [0.3, 0.4) is 0 Å². The number of hydrazine groups is 1. The summed E-state index contributed by atoms with van der Waals surface area (Å²) in [5.74, 6) is -4.18. The van der Waals surface area contributed by atoms with Crippen molar-refractivity contribution in [1.82, 2.24) is 10.0 Å². The molecular formula is C34H24Cl2N2O4. The van der Waals surface area contributed by atoms with Crippen molar-refractivity contribution >= 4 is 46.7 Å². The molecule has 0 N–H and O–H groups in total. The molecule has 4 aliphatic rings. The van der Waals surface area contributed by atoms with Gasteiger partial charge in [0, 0.05) is 23.0 Å². The zero-order valence-corrected chi connectivity index (χ0v) is 24.0. The molecular weight excluding hydrogens is 571 g/mol.